The molecule has 0 aromatic heterocycles. The second-order valence-corrected chi connectivity index (χ2v) is 6.78. The van der Waals surface area contributed by atoms with Crippen LogP contribution in [0.2, 0.25) is 0 Å². The van der Waals surface area contributed by atoms with E-state index in [0.717, 1.165) is 19.3 Å². The van der Waals surface area contributed by atoms with E-state index in [-0.39, 0.29) is 6.04 Å². The molecule has 0 aliphatic heterocycles. The maximum absolute atomic E-state index is 11.8. The smallest absolute Gasteiger partial charge is 0.151 e. The first-order valence-corrected chi connectivity index (χ1v) is 7.79. The van der Waals surface area contributed by atoms with Gasteiger partial charge in [-0.3, -0.25) is 0 Å². The molecule has 3 nitrogen and oxygen atoms in total. The lowest BCUT2D eigenvalue weighted by Gasteiger charge is -2.15. The van der Waals surface area contributed by atoms with Crippen LogP contribution in [0.25, 0.3) is 0 Å². The van der Waals surface area contributed by atoms with Gasteiger partial charge in [0.2, 0.25) is 0 Å². The molecule has 0 radical (unpaired) electrons. The highest BCUT2D eigenvalue weighted by Crippen LogP contribution is 2.33. The summed E-state index contributed by atoms with van der Waals surface area (Å²) in [5.41, 5.74) is 0. The lowest BCUT2D eigenvalue weighted by molar-refractivity contribution is 0.526. The fourth-order valence-electron chi connectivity index (χ4n) is 1.88. The summed E-state index contributed by atoms with van der Waals surface area (Å²) in [6.45, 7) is 2.09. The van der Waals surface area contributed by atoms with Crippen LogP contribution < -0.4 is 5.32 Å². The highest BCUT2D eigenvalue weighted by molar-refractivity contribution is 7.91. The molecular formula is C11H23NO2S. The Hall–Kier alpha value is -0.0900. The van der Waals surface area contributed by atoms with E-state index in [2.05, 4.69) is 12.2 Å². The zero-order valence-corrected chi connectivity index (χ0v) is 10.6. The Kier molecular flexibility index (Phi) is 5.06. The predicted molar refractivity (Wildman–Crippen MR) is 63.8 cm³/mol. The number of unbranched alkanes of at least 4 members (excludes halogenated alkanes) is 2. The average molecular weight is 233 g/mol. The normalized spacial score (nSPS) is 19.1. The van der Waals surface area contributed by atoms with Crippen LogP contribution >= 0.6 is 0 Å². The van der Waals surface area contributed by atoms with Crippen molar-refractivity contribution < 1.29 is 8.42 Å². The SMILES string of the molecule is CCCCCS(=O)(=O)CC(NC)C1CC1. The fraction of sp³-hybridized carbons (Fsp3) is 1.00. The first-order chi connectivity index (χ1) is 7.09. The van der Waals surface area contributed by atoms with Crippen LogP contribution in [0.4, 0.5) is 0 Å². The minimum Gasteiger partial charge on any atom is -0.316 e. The molecule has 15 heavy (non-hydrogen) atoms. The second kappa shape index (κ2) is 5.85. The molecule has 0 aromatic carbocycles. The quantitative estimate of drug-likeness (QED) is 0.648. The molecule has 0 aromatic rings. The largest absolute Gasteiger partial charge is 0.316 e. The summed E-state index contributed by atoms with van der Waals surface area (Å²) in [4.78, 5) is 0. The van der Waals surface area contributed by atoms with Crippen LogP contribution in [0, 0.1) is 5.92 Å². The molecule has 1 saturated carbocycles. The van der Waals surface area contributed by atoms with Crippen LogP contribution in [0.15, 0.2) is 0 Å². The second-order valence-electron chi connectivity index (χ2n) is 4.55. The van der Waals surface area contributed by atoms with Gasteiger partial charge in [0.15, 0.2) is 9.84 Å². The van der Waals surface area contributed by atoms with Crippen LogP contribution in [-0.4, -0.2) is 33.0 Å². The third-order valence-electron chi connectivity index (χ3n) is 3.05. The van der Waals surface area contributed by atoms with Gasteiger partial charge < -0.3 is 5.32 Å². The number of rotatable bonds is 8. The zero-order valence-electron chi connectivity index (χ0n) is 9.83. The first kappa shape index (κ1) is 13.0. The lowest BCUT2D eigenvalue weighted by Crippen LogP contribution is -2.35. The van der Waals surface area contributed by atoms with Crippen LogP contribution in [0.1, 0.15) is 39.0 Å². The van der Waals surface area contributed by atoms with Gasteiger partial charge in [0, 0.05) is 6.04 Å². The van der Waals surface area contributed by atoms with Crippen molar-refractivity contribution in [1.82, 2.24) is 5.32 Å². The van der Waals surface area contributed by atoms with Gasteiger partial charge in [0.05, 0.1) is 11.5 Å². The van der Waals surface area contributed by atoms with Crippen LogP contribution in [-0.2, 0) is 9.84 Å². The molecule has 0 amide bonds. The Morgan fingerprint density at radius 3 is 2.47 bits per heavy atom. The van der Waals surface area contributed by atoms with Gasteiger partial charge in [0.1, 0.15) is 0 Å². The highest BCUT2D eigenvalue weighted by Gasteiger charge is 2.32. The van der Waals surface area contributed by atoms with E-state index in [1.165, 1.54) is 12.8 Å². The van der Waals surface area contributed by atoms with Gasteiger partial charge >= 0.3 is 0 Å². The Bertz CT molecular complexity index is 270. The third-order valence-corrected chi connectivity index (χ3v) is 4.83. The van der Waals surface area contributed by atoms with E-state index in [1.807, 2.05) is 7.05 Å². The molecular weight excluding hydrogens is 210 g/mol. The van der Waals surface area contributed by atoms with Gasteiger partial charge in [-0.2, -0.15) is 0 Å². The standard InChI is InChI=1S/C11H23NO2S/c1-3-4-5-8-15(13,14)9-11(12-2)10-6-7-10/h10-12H,3-9H2,1-2H3. The topological polar surface area (TPSA) is 46.2 Å². The first-order valence-electron chi connectivity index (χ1n) is 5.96. The van der Waals surface area contributed by atoms with Crippen LogP contribution in [0.3, 0.4) is 0 Å². The van der Waals surface area contributed by atoms with Crippen molar-refractivity contribution >= 4 is 9.84 Å². The maximum atomic E-state index is 11.8. The molecule has 4 heteroatoms. The molecule has 0 heterocycles. The number of nitrogens with one attached hydrogen (secondary N) is 1. The Morgan fingerprint density at radius 1 is 1.33 bits per heavy atom. The molecule has 1 aliphatic carbocycles. The van der Waals surface area contributed by atoms with E-state index in [1.54, 1.807) is 0 Å². The minimum atomic E-state index is -2.83. The Morgan fingerprint density at radius 2 is 2.00 bits per heavy atom. The van der Waals surface area contributed by atoms with Gasteiger partial charge in [-0.05, 0) is 32.2 Å². The summed E-state index contributed by atoms with van der Waals surface area (Å²) in [7, 11) is -0.967. The minimum absolute atomic E-state index is 0.191. The molecule has 1 fully saturated rings. The van der Waals surface area contributed by atoms with Crippen molar-refractivity contribution in [2.24, 2.45) is 5.92 Å². The summed E-state index contributed by atoms with van der Waals surface area (Å²) in [5, 5.41) is 3.13. The van der Waals surface area contributed by atoms with Crippen LogP contribution in [0.5, 0.6) is 0 Å². The van der Waals surface area contributed by atoms with Gasteiger partial charge in [-0.15, -0.1) is 0 Å². The summed E-state index contributed by atoms with van der Waals surface area (Å²) >= 11 is 0. The highest BCUT2D eigenvalue weighted by atomic mass is 32.2. The monoisotopic (exact) mass is 233 g/mol. The van der Waals surface area contributed by atoms with Crippen molar-refractivity contribution in [1.29, 1.82) is 0 Å². The molecule has 0 saturated heterocycles. The lowest BCUT2D eigenvalue weighted by atomic mass is 10.2. The van der Waals surface area contributed by atoms with Gasteiger partial charge in [0.25, 0.3) is 0 Å². The zero-order chi connectivity index (χ0) is 11.3. The van der Waals surface area contributed by atoms with Crippen molar-refractivity contribution in [2.75, 3.05) is 18.6 Å². The summed E-state index contributed by atoms with van der Waals surface area (Å²) < 4.78 is 23.5. The third kappa shape index (κ3) is 4.98. The van der Waals surface area contributed by atoms with Gasteiger partial charge in [-0.1, -0.05) is 19.8 Å². The molecule has 1 aliphatic rings. The average Bonchev–Trinajstić information content (AvgIpc) is 2.98. The van der Waals surface area contributed by atoms with Crippen molar-refractivity contribution in [3.05, 3.63) is 0 Å². The molecule has 1 atom stereocenters. The number of hydrogen-bond donors (Lipinski definition) is 1. The van der Waals surface area contributed by atoms with E-state index >= 15 is 0 Å². The molecule has 0 bridgehead atoms. The summed E-state index contributed by atoms with van der Waals surface area (Å²) in [5.74, 6) is 1.31. The fourth-order valence-corrected chi connectivity index (χ4v) is 3.68. The van der Waals surface area contributed by atoms with Crippen molar-refractivity contribution in [3.8, 4) is 0 Å². The maximum Gasteiger partial charge on any atom is 0.151 e. The van der Waals surface area contributed by atoms with Crippen molar-refractivity contribution in [3.63, 3.8) is 0 Å². The molecule has 1 unspecified atom stereocenters. The number of sulfone groups is 1. The van der Waals surface area contributed by atoms with E-state index in [9.17, 15) is 8.42 Å². The predicted octanol–water partition coefficient (Wildman–Crippen LogP) is 1.59. The molecule has 1 rings (SSSR count). The van der Waals surface area contributed by atoms with Gasteiger partial charge in [-0.25, -0.2) is 8.42 Å². The van der Waals surface area contributed by atoms with E-state index in [0.29, 0.717) is 17.4 Å². The number of hydrogen-bond acceptors (Lipinski definition) is 3. The van der Waals surface area contributed by atoms with E-state index in [4.69, 9.17) is 0 Å². The summed E-state index contributed by atoms with van der Waals surface area (Å²) in [6, 6.07) is 0.191. The van der Waals surface area contributed by atoms with E-state index < -0.39 is 9.84 Å². The Labute approximate surface area is 93.6 Å². The van der Waals surface area contributed by atoms with Crippen molar-refractivity contribution in [2.45, 2.75) is 45.1 Å². The summed E-state index contributed by atoms with van der Waals surface area (Å²) in [6.07, 6.45) is 5.30. The Balaban J connectivity index is 2.33. The molecule has 1 N–H and O–H groups in total. The molecule has 90 valence electrons. The molecule has 0 spiro atoms.